The fourth-order valence-electron chi connectivity index (χ4n) is 3.77. The van der Waals surface area contributed by atoms with Crippen LogP contribution in [-0.4, -0.2) is 66.3 Å². The summed E-state index contributed by atoms with van der Waals surface area (Å²) in [6.07, 6.45) is 0. The molecule has 0 aliphatic heterocycles. The Morgan fingerprint density at radius 3 is 2.21 bits per heavy atom. The number of carbonyl (C=O) groups excluding carboxylic acids is 1. The smallest absolute Gasteiger partial charge is 0.305 e. The topological polar surface area (TPSA) is 126 Å². The van der Waals surface area contributed by atoms with Crippen molar-refractivity contribution in [2.45, 2.75) is 12.7 Å². The number of benzene rings is 2. The van der Waals surface area contributed by atoms with Crippen LogP contribution in [0.4, 0.5) is 0 Å². The van der Waals surface area contributed by atoms with Gasteiger partial charge < -0.3 is 14.2 Å². The van der Waals surface area contributed by atoms with Crippen molar-refractivity contribution in [3.63, 3.8) is 0 Å². The molecule has 2 heterocycles. The fraction of sp³-hybridized carbons (Fsp3) is 0.231. The van der Waals surface area contributed by atoms with Crippen LogP contribution < -0.4 is 14.2 Å². The van der Waals surface area contributed by atoms with Crippen LogP contribution in [0.25, 0.3) is 17.2 Å². The van der Waals surface area contributed by atoms with Crippen LogP contribution in [0.5, 0.6) is 17.4 Å². The summed E-state index contributed by atoms with van der Waals surface area (Å²) in [5.41, 5.74) is 1.18. The SMILES string of the molecule is CCOc1cccc(-c2nnc(C(=O)N(C)S(=O)(=O)Cc3ccccc3)n2-c2c(OC)cccc2OC)n1. The first-order valence-corrected chi connectivity index (χ1v) is 13.2. The maximum atomic E-state index is 13.7. The number of methoxy groups -OCH3 is 2. The van der Waals surface area contributed by atoms with Gasteiger partial charge in [-0.3, -0.25) is 9.36 Å². The van der Waals surface area contributed by atoms with E-state index in [4.69, 9.17) is 14.2 Å². The number of aromatic nitrogens is 4. The Hall–Kier alpha value is -4.45. The molecule has 0 fully saturated rings. The van der Waals surface area contributed by atoms with Crippen molar-refractivity contribution in [1.82, 2.24) is 24.1 Å². The van der Waals surface area contributed by atoms with Crippen LogP contribution in [0.1, 0.15) is 23.1 Å². The number of pyridine rings is 1. The van der Waals surface area contributed by atoms with Gasteiger partial charge in [0.1, 0.15) is 22.9 Å². The minimum absolute atomic E-state index is 0.159. The van der Waals surface area contributed by atoms with Gasteiger partial charge in [0.05, 0.1) is 26.6 Å². The third-order valence-corrected chi connectivity index (χ3v) is 7.32. The lowest BCUT2D eigenvalue weighted by Crippen LogP contribution is -2.35. The Labute approximate surface area is 220 Å². The minimum Gasteiger partial charge on any atom is -0.494 e. The van der Waals surface area contributed by atoms with Crippen molar-refractivity contribution < 1.29 is 27.4 Å². The van der Waals surface area contributed by atoms with Gasteiger partial charge >= 0.3 is 5.91 Å². The summed E-state index contributed by atoms with van der Waals surface area (Å²) in [7, 11) is 0.0642. The lowest BCUT2D eigenvalue weighted by Gasteiger charge is -2.20. The van der Waals surface area contributed by atoms with E-state index in [9.17, 15) is 13.2 Å². The number of ether oxygens (including phenoxy) is 3. The van der Waals surface area contributed by atoms with Crippen molar-refractivity contribution in [3.8, 4) is 34.6 Å². The van der Waals surface area contributed by atoms with Crippen LogP contribution in [-0.2, 0) is 15.8 Å². The molecule has 1 amide bonds. The zero-order valence-corrected chi connectivity index (χ0v) is 22.2. The molecule has 0 saturated carbocycles. The summed E-state index contributed by atoms with van der Waals surface area (Å²) in [6, 6.07) is 18.7. The third kappa shape index (κ3) is 5.30. The van der Waals surface area contributed by atoms with E-state index in [0.717, 1.165) is 0 Å². The van der Waals surface area contributed by atoms with E-state index in [0.29, 0.717) is 45.2 Å². The zero-order valence-electron chi connectivity index (χ0n) is 21.4. The van der Waals surface area contributed by atoms with Crippen LogP contribution in [0, 0.1) is 0 Å². The van der Waals surface area contributed by atoms with Crippen LogP contribution in [0.3, 0.4) is 0 Å². The Morgan fingerprint density at radius 2 is 1.58 bits per heavy atom. The number of rotatable bonds is 10. The van der Waals surface area contributed by atoms with Crippen LogP contribution >= 0.6 is 0 Å². The second-order valence-corrected chi connectivity index (χ2v) is 10.0. The molecule has 4 aromatic rings. The van der Waals surface area contributed by atoms with Crippen molar-refractivity contribution in [3.05, 3.63) is 78.1 Å². The first kappa shape index (κ1) is 26.6. The molecule has 0 aliphatic carbocycles. The number of carbonyl (C=O) groups is 1. The molecule has 0 atom stereocenters. The molecular weight excluding hydrogens is 510 g/mol. The molecule has 4 rings (SSSR count). The van der Waals surface area contributed by atoms with E-state index in [1.165, 1.54) is 25.8 Å². The Morgan fingerprint density at radius 1 is 0.921 bits per heavy atom. The van der Waals surface area contributed by atoms with Crippen molar-refractivity contribution in [2.24, 2.45) is 0 Å². The third-order valence-electron chi connectivity index (χ3n) is 5.62. The predicted octanol–water partition coefficient (Wildman–Crippen LogP) is 3.35. The molecule has 11 nitrogen and oxygen atoms in total. The summed E-state index contributed by atoms with van der Waals surface area (Å²) in [6.45, 7) is 2.23. The number of sulfonamides is 1. The first-order valence-electron chi connectivity index (χ1n) is 11.6. The highest BCUT2D eigenvalue weighted by Gasteiger charge is 2.32. The second-order valence-electron chi connectivity index (χ2n) is 8.00. The molecule has 12 heteroatoms. The van der Waals surface area contributed by atoms with E-state index >= 15 is 0 Å². The molecule has 0 saturated heterocycles. The summed E-state index contributed by atoms with van der Waals surface area (Å²) >= 11 is 0. The molecule has 0 unspecified atom stereocenters. The highest BCUT2D eigenvalue weighted by molar-refractivity contribution is 7.88. The Kier molecular flexibility index (Phi) is 7.91. The molecule has 0 aliphatic rings. The van der Waals surface area contributed by atoms with Crippen LogP contribution in [0.2, 0.25) is 0 Å². The van der Waals surface area contributed by atoms with E-state index in [1.54, 1.807) is 66.7 Å². The maximum Gasteiger partial charge on any atom is 0.305 e. The summed E-state index contributed by atoms with van der Waals surface area (Å²) < 4.78 is 45.0. The molecule has 0 spiro atoms. The molecule has 2 aromatic heterocycles. The van der Waals surface area contributed by atoms with Gasteiger partial charge in [0.2, 0.25) is 21.7 Å². The normalized spacial score (nSPS) is 11.2. The minimum atomic E-state index is -4.06. The monoisotopic (exact) mass is 537 g/mol. The van der Waals surface area contributed by atoms with Crippen molar-refractivity contribution >= 4 is 15.9 Å². The molecular formula is C26H27N5O6S. The lowest BCUT2D eigenvalue weighted by molar-refractivity contribution is 0.0869. The highest BCUT2D eigenvalue weighted by atomic mass is 32.2. The van der Waals surface area contributed by atoms with Gasteiger partial charge in [0, 0.05) is 13.1 Å². The standard InChI is InChI=1S/C26H27N5O6S/c1-5-37-22-16-9-13-19(27-22)24-28-29-25(31(24)23-20(35-3)14-10-15-21(23)36-4)26(32)30(2)38(33,34)17-18-11-7-6-8-12-18/h6-16H,5,17H2,1-4H3. The van der Waals surface area contributed by atoms with E-state index in [2.05, 4.69) is 15.2 Å². The number of hydrogen-bond acceptors (Lipinski definition) is 9. The van der Waals surface area contributed by atoms with Gasteiger partial charge in [0.25, 0.3) is 0 Å². The van der Waals surface area contributed by atoms with E-state index in [1.807, 2.05) is 6.92 Å². The molecule has 0 N–H and O–H groups in total. The average molecular weight is 538 g/mol. The number of hydrogen-bond donors (Lipinski definition) is 0. The quantitative estimate of drug-likeness (QED) is 0.299. The first-order chi connectivity index (χ1) is 18.3. The lowest BCUT2D eigenvalue weighted by atomic mass is 10.2. The average Bonchev–Trinajstić information content (AvgIpc) is 3.37. The zero-order chi connectivity index (χ0) is 27.3. The maximum absolute atomic E-state index is 13.7. The van der Waals surface area contributed by atoms with Gasteiger partial charge in [-0.1, -0.05) is 42.5 Å². The largest absolute Gasteiger partial charge is 0.494 e. The van der Waals surface area contributed by atoms with Crippen LogP contribution in [0.15, 0.2) is 66.7 Å². The van der Waals surface area contributed by atoms with E-state index in [-0.39, 0.29) is 17.4 Å². The van der Waals surface area contributed by atoms with Crippen molar-refractivity contribution in [1.29, 1.82) is 0 Å². The summed E-state index contributed by atoms with van der Waals surface area (Å²) in [5.74, 6) is -0.342. The molecule has 38 heavy (non-hydrogen) atoms. The highest BCUT2D eigenvalue weighted by Crippen LogP contribution is 2.36. The van der Waals surface area contributed by atoms with Gasteiger partial charge in [-0.2, -0.15) is 0 Å². The second kappa shape index (κ2) is 11.3. The summed E-state index contributed by atoms with van der Waals surface area (Å²) in [4.78, 5) is 18.2. The summed E-state index contributed by atoms with van der Waals surface area (Å²) in [5, 5.41) is 8.33. The molecule has 198 valence electrons. The predicted molar refractivity (Wildman–Crippen MR) is 140 cm³/mol. The number of nitrogens with zero attached hydrogens (tertiary/aromatic N) is 5. The van der Waals surface area contributed by atoms with E-state index < -0.39 is 15.9 Å². The molecule has 0 radical (unpaired) electrons. The van der Waals surface area contributed by atoms with Crippen molar-refractivity contribution in [2.75, 3.05) is 27.9 Å². The van der Waals surface area contributed by atoms with Gasteiger partial charge in [-0.25, -0.2) is 17.7 Å². The van der Waals surface area contributed by atoms with Gasteiger partial charge in [0.15, 0.2) is 5.82 Å². The van der Waals surface area contributed by atoms with Gasteiger partial charge in [-0.15, -0.1) is 10.2 Å². The Balaban J connectivity index is 1.88. The molecule has 0 bridgehead atoms. The fourth-order valence-corrected chi connectivity index (χ4v) is 4.91. The Bertz CT molecular complexity index is 1520. The molecule has 2 aromatic carbocycles. The number of para-hydroxylation sites is 1. The number of amides is 1. The van der Waals surface area contributed by atoms with Gasteiger partial charge in [-0.05, 0) is 30.7 Å².